The lowest BCUT2D eigenvalue weighted by molar-refractivity contribution is -0.144. The molecule has 0 amide bonds. The second-order valence-corrected chi connectivity index (χ2v) is 4.88. The average Bonchev–Trinajstić information content (AvgIpc) is 2.83. The molecule has 1 saturated heterocycles. The topological polar surface area (TPSA) is 71.2 Å². The molecule has 6 heteroatoms. The van der Waals surface area contributed by atoms with Gasteiger partial charge in [-0.05, 0) is 31.7 Å². The van der Waals surface area contributed by atoms with Crippen molar-refractivity contribution in [1.29, 1.82) is 0 Å². The van der Waals surface area contributed by atoms with E-state index >= 15 is 0 Å². The minimum absolute atomic E-state index is 0.344. The van der Waals surface area contributed by atoms with Gasteiger partial charge in [-0.25, -0.2) is 4.98 Å². The molecule has 1 aliphatic heterocycles. The van der Waals surface area contributed by atoms with Crippen molar-refractivity contribution in [3.05, 3.63) is 12.7 Å². The van der Waals surface area contributed by atoms with Gasteiger partial charge in [0.2, 0.25) is 0 Å². The Morgan fingerprint density at radius 1 is 1.61 bits per heavy atom. The number of carboxylic acids is 1. The fourth-order valence-corrected chi connectivity index (χ4v) is 2.71. The van der Waals surface area contributed by atoms with Gasteiger partial charge in [0.25, 0.3) is 0 Å². The third-order valence-corrected chi connectivity index (χ3v) is 3.57. The summed E-state index contributed by atoms with van der Waals surface area (Å²) < 4.78 is 1.83. The summed E-state index contributed by atoms with van der Waals surface area (Å²) >= 11 is 0. The second-order valence-electron chi connectivity index (χ2n) is 4.88. The SMILES string of the molecule is CCC(C(=O)O)N1CCCC(Cn2cncn2)C1. The Bertz CT molecular complexity index is 379. The first-order valence-electron chi connectivity index (χ1n) is 6.50. The van der Waals surface area contributed by atoms with Crippen molar-refractivity contribution in [2.75, 3.05) is 13.1 Å². The van der Waals surface area contributed by atoms with Gasteiger partial charge in [0, 0.05) is 13.1 Å². The zero-order chi connectivity index (χ0) is 13.0. The summed E-state index contributed by atoms with van der Waals surface area (Å²) in [6.07, 6.45) is 6.10. The smallest absolute Gasteiger partial charge is 0.320 e. The molecule has 1 aromatic heterocycles. The summed E-state index contributed by atoms with van der Waals surface area (Å²) in [5.41, 5.74) is 0. The van der Waals surface area contributed by atoms with Crippen LogP contribution in [0.15, 0.2) is 12.7 Å². The molecule has 18 heavy (non-hydrogen) atoms. The number of carboxylic acid groups (broad SMARTS) is 1. The first-order chi connectivity index (χ1) is 8.70. The van der Waals surface area contributed by atoms with Gasteiger partial charge in [0.05, 0.1) is 0 Å². The normalized spacial score (nSPS) is 22.8. The van der Waals surface area contributed by atoms with Crippen LogP contribution in [-0.2, 0) is 11.3 Å². The number of piperidine rings is 1. The summed E-state index contributed by atoms with van der Waals surface area (Å²) in [4.78, 5) is 17.2. The molecule has 0 bridgehead atoms. The predicted octanol–water partition coefficient (Wildman–Crippen LogP) is 0.853. The molecule has 2 heterocycles. The highest BCUT2D eigenvalue weighted by Crippen LogP contribution is 2.21. The van der Waals surface area contributed by atoms with Crippen LogP contribution in [-0.4, -0.2) is 49.9 Å². The number of aromatic nitrogens is 3. The number of carbonyl (C=O) groups is 1. The lowest BCUT2D eigenvalue weighted by Gasteiger charge is -2.36. The van der Waals surface area contributed by atoms with Gasteiger partial charge in [-0.2, -0.15) is 5.10 Å². The standard InChI is InChI=1S/C12H20N4O2/c1-2-11(12(17)18)15-5-3-4-10(6-15)7-16-9-13-8-14-16/h8-11H,2-7H2,1H3,(H,17,18). The predicted molar refractivity (Wildman–Crippen MR) is 66.0 cm³/mol. The zero-order valence-electron chi connectivity index (χ0n) is 10.7. The van der Waals surface area contributed by atoms with E-state index in [0.29, 0.717) is 12.3 Å². The van der Waals surface area contributed by atoms with Crippen LogP contribution < -0.4 is 0 Å². The third kappa shape index (κ3) is 3.07. The van der Waals surface area contributed by atoms with Crippen molar-refractivity contribution < 1.29 is 9.90 Å². The Kier molecular flexibility index (Phi) is 4.30. The van der Waals surface area contributed by atoms with Crippen LogP contribution in [0.5, 0.6) is 0 Å². The number of nitrogens with zero attached hydrogens (tertiary/aromatic N) is 4. The van der Waals surface area contributed by atoms with E-state index in [1.54, 1.807) is 6.33 Å². The minimum Gasteiger partial charge on any atom is -0.480 e. The van der Waals surface area contributed by atoms with E-state index in [0.717, 1.165) is 32.5 Å². The Hall–Kier alpha value is -1.43. The molecule has 2 rings (SSSR count). The number of likely N-dealkylation sites (tertiary alicyclic amines) is 1. The highest BCUT2D eigenvalue weighted by molar-refractivity contribution is 5.73. The van der Waals surface area contributed by atoms with Crippen molar-refractivity contribution in [2.24, 2.45) is 5.92 Å². The van der Waals surface area contributed by atoms with Gasteiger partial charge in [-0.15, -0.1) is 0 Å². The highest BCUT2D eigenvalue weighted by atomic mass is 16.4. The van der Waals surface area contributed by atoms with Crippen LogP contribution in [0.25, 0.3) is 0 Å². The van der Waals surface area contributed by atoms with Crippen LogP contribution in [0.1, 0.15) is 26.2 Å². The Morgan fingerprint density at radius 3 is 3.06 bits per heavy atom. The largest absolute Gasteiger partial charge is 0.480 e. The molecule has 2 unspecified atom stereocenters. The molecule has 0 aliphatic carbocycles. The molecular formula is C12H20N4O2. The molecule has 0 radical (unpaired) electrons. The maximum Gasteiger partial charge on any atom is 0.320 e. The Balaban J connectivity index is 1.93. The van der Waals surface area contributed by atoms with E-state index in [2.05, 4.69) is 15.0 Å². The maximum absolute atomic E-state index is 11.2. The van der Waals surface area contributed by atoms with Gasteiger partial charge < -0.3 is 5.11 Å². The first kappa shape index (κ1) is 13.0. The third-order valence-electron chi connectivity index (χ3n) is 3.57. The van der Waals surface area contributed by atoms with Gasteiger partial charge >= 0.3 is 5.97 Å². The van der Waals surface area contributed by atoms with Crippen LogP contribution in [0.4, 0.5) is 0 Å². The maximum atomic E-state index is 11.2. The molecule has 1 aliphatic rings. The van der Waals surface area contributed by atoms with Crippen molar-refractivity contribution in [3.8, 4) is 0 Å². The molecule has 1 fully saturated rings. The average molecular weight is 252 g/mol. The van der Waals surface area contributed by atoms with E-state index in [9.17, 15) is 9.90 Å². The van der Waals surface area contributed by atoms with E-state index < -0.39 is 5.97 Å². The van der Waals surface area contributed by atoms with Gasteiger partial charge in [0.1, 0.15) is 18.7 Å². The van der Waals surface area contributed by atoms with E-state index in [1.165, 1.54) is 6.33 Å². The monoisotopic (exact) mass is 252 g/mol. The molecular weight excluding hydrogens is 232 g/mol. The van der Waals surface area contributed by atoms with E-state index in [-0.39, 0.29) is 6.04 Å². The van der Waals surface area contributed by atoms with Crippen molar-refractivity contribution in [2.45, 2.75) is 38.8 Å². The van der Waals surface area contributed by atoms with Crippen LogP contribution in [0.2, 0.25) is 0 Å². The lowest BCUT2D eigenvalue weighted by Crippen LogP contribution is -2.47. The first-order valence-corrected chi connectivity index (χ1v) is 6.50. The van der Waals surface area contributed by atoms with Gasteiger partial charge in [-0.3, -0.25) is 14.4 Å². The molecule has 0 aromatic carbocycles. The van der Waals surface area contributed by atoms with Gasteiger partial charge in [0.15, 0.2) is 0 Å². The number of hydrogen-bond acceptors (Lipinski definition) is 4. The van der Waals surface area contributed by atoms with Crippen LogP contribution in [0.3, 0.4) is 0 Å². The van der Waals surface area contributed by atoms with Crippen molar-refractivity contribution in [3.63, 3.8) is 0 Å². The van der Waals surface area contributed by atoms with Crippen LogP contribution >= 0.6 is 0 Å². The highest BCUT2D eigenvalue weighted by Gasteiger charge is 2.29. The van der Waals surface area contributed by atoms with Crippen LogP contribution in [0, 0.1) is 5.92 Å². The summed E-state index contributed by atoms with van der Waals surface area (Å²) in [5, 5.41) is 13.3. The molecule has 6 nitrogen and oxygen atoms in total. The fraction of sp³-hybridized carbons (Fsp3) is 0.750. The Morgan fingerprint density at radius 2 is 2.44 bits per heavy atom. The Labute approximate surface area is 107 Å². The van der Waals surface area contributed by atoms with Crippen molar-refractivity contribution in [1.82, 2.24) is 19.7 Å². The molecule has 2 atom stereocenters. The second kappa shape index (κ2) is 5.95. The quantitative estimate of drug-likeness (QED) is 0.841. The fourth-order valence-electron chi connectivity index (χ4n) is 2.71. The molecule has 1 aromatic rings. The number of hydrogen-bond donors (Lipinski definition) is 1. The zero-order valence-corrected chi connectivity index (χ0v) is 10.7. The summed E-state index contributed by atoms with van der Waals surface area (Å²) in [6, 6.07) is -0.344. The number of aliphatic carboxylic acids is 1. The van der Waals surface area contributed by atoms with E-state index in [4.69, 9.17) is 0 Å². The summed E-state index contributed by atoms with van der Waals surface area (Å²) in [7, 11) is 0. The van der Waals surface area contributed by atoms with Crippen molar-refractivity contribution >= 4 is 5.97 Å². The number of rotatable bonds is 5. The minimum atomic E-state index is -0.709. The lowest BCUT2D eigenvalue weighted by atomic mass is 9.96. The molecule has 100 valence electrons. The molecule has 0 spiro atoms. The van der Waals surface area contributed by atoms with Gasteiger partial charge in [-0.1, -0.05) is 6.92 Å². The summed E-state index contributed by atoms with van der Waals surface area (Å²) in [6.45, 7) is 4.48. The molecule has 0 saturated carbocycles. The molecule has 1 N–H and O–H groups in total. The van der Waals surface area contributed by atoms with E-state index in [1.807, 2.05) is 11.6 Å². The summed E-state index contributed by atoms with van der Waals surface area (Å²) in [5.74, 6) is -0.243.